The number of aryl methyl sites for hydroxylation is 1. The van der Waals surface area contributed by atoms with Crippen molar-refractivity contribution in [3.8, 4) is 0 Å². The number of aromatic amines is 1. The quantitative estimate of drug-likeness (QED) is 0.677. The van der Waals surface area contributed by atoms with Crippen molar-refractivity contribution in [2.75, 3.05) is 0 Å². The molecule has 0 amide bonds. The number of alkyl halides is 3. The van der Waals surface area contributed by atoms with Crippen molar-refractivity contribution in [3.05, 3.63) is 82.2 Å². The molecule has 1 aromatic heterocycles. The maximum atomic E-state index is 13.0. The molecule has 1 N–H and O–H groups in total. The molecule has 0 aliphatic heterocycles. The molecule has 0 saturated heterocycles. The second-order valence-electron chi connectivity index (χ2n) is 6.66. The molecular weight excluding hydrogens is 365 g/mol. The lowest BCUT2D eigenvalue weighted by atomic mass is 10.00. The third-order valence-electron chi connectivity index (χ3n) is 4.91. The van der Waals surface area contributed by atoms with E-state index in [0.717, 1.165) is 40.3 Å². The summed E-state index contributed by atoms with van der Waals surface area (Å²) in [6.07, 6.45) is -1.18. The number of halogens is 3. The highest BCUT2D eigenvalue weighted by molar-refractivity contribution is 6.05. The Morgan fingerprint density at radius 3 is 2.50 bits per heavy atom. The van der Waals surface area contributed by atoms with Crippen LogP contribution in [-0.2, 0) is 12.6 Å². The fraction of sp³-hybridized carbons (Fsp3) is 0.190. The number of hydrogen-bond donors (Lipinski definition) is 1. The largest absolute Gasteiger partial charge is 0.416 e. The molecule has 2 aromatic carbocycles. The Kier molecular flexibility index (Phi) is 4.58. The minimum absolute atomic E-state index is 0.526. The van der Waals surface area contributed by atoms with Gasteiger partial charge in [-0.3, -0.25) is 0 Å². The van der Waals surface area contributed by atoms with E-state index in [4.69, 9.17) is 0 Å². The summed E-state index contributed by atoms with van der Waals surface area (Å²) in [4.78, 5) is 0. The van der Waals surface area contributed by atoms with Crippen molar-refractivity contribution >= 4 is 17.2 Å². The third-order valence-corrected chi connectivity index (χ3v) is 4.91. The van der Waals surface area contributed by atoms with Gasteiger partial charge < -0.3 is 0 Å². The van der Waals surface area contributed by atoms with Crippen LogP contribution in [0.2, 0.25) is 0 Å². The Labute approximate surface area is 159 Å². The molecule has 3 aromatic rings. The summed E-state index contributed by atoms with van der Waals surface area (Å²) in [5.74, 6) is 0.632. The summed E-state index contributed by atoms with van der Waals surface area (Å²) in [5, 5.41) is 14.0. The average Bonchev–Trinajstić information content (AvgIpc) is 3.27. The Bertz CT molecular complexity index is 1060. The number of nitrogens with one attached hydrogen (secondary N) is 1. The number of allylic oxidation sites excluding steroid dienone is 3. The van der Waals surface area contributed by atoms with Crippen LogP contribution in [0.3, 0.4) is 0 Å². The molecule has 142 valence electrons. The summed E-state index contributed by atoms with van der Waals surface area (Å²) in [6, 6.07) is 13.3. The van der Waals surface area contributed by atoms with E-state index in [-0.39, 0.29) is 0 Å². The second kappa shape index (κ2) is 7.07. The van der Waals surface area contributed by atoms with Crippen molar-refractivity contribution in [1.82, 2.24) is 20.6 Å². The zero-order valence-electron chi connectivity index (χ0n) is 15.1. The van der Waals surface area contributed by atoms with E-state index in [1.807, 2.05) is 37.3 Å². The number of tetrazole rings is 1. The van der Waals surface area contributed by atoms with Crippen LogP contribution < -0.4 is 0 Å². The first-order chi connectivity index (χ1) is 13.4. The van der Waals surface area contributed by atoms with Crippen LogP contribution in [0.25, 0.3) is 17.2 Å². The topological polar surface area (TPSA) is 54.5 Å². The van der Waals surface area contributed by atoms with E-state index in [1.54, 1.807) is 6.07 Å². The second-order valence-corrected chi connectivity index (χ2v) is 6.66. The number of benzene rings is 2. The van der Waals surface area contributed by atoms with Crippen LogP contribution in [0, 0.1) is 0 Å². The van der Waals surface area contributed by atoms with E-state index in [1.165, 1.54) is 12.1 Å². The summed E-state index contributed by atoms with van der Waals surface area (Å²) in [6.45, 7) is 2.00. The van der Waals surface area contributed by atoms with Crippen LogP contribution in [0.1, 0.15) is 41.4 Å². The van der Waals surface area contributed by atoms with E-state index >= 15 is 0 Å². The smallest absolute Gasteiger partial charge is 0.177 e. The van der Waals surface area contributed by atoms with Crippen molar-refractivity contribution < 1.29 is 13.2 Å². The van der Waals surface area contributed by atoms with Gasteiger partial charge in [0.2, 0.25) is 0 Å². The molecule has 4 rings (SSSR count). The fourth-order valence-electron chi connectivity index (χ4n) is 3.55. The Morgan fingerprint density at radius 2 is 1.79 bits per heavy atom. The molecule has 0 saturated carbocycles. The Morgan fingerprint density at radius 1 is 1.00 bits per heavy atom. The van der Waals surface area contributed by atoms with Crippen LogP contribution >= 0.6 is 0 Å². The van der Waals surface area contributed by atoms with Crippen molar-refractivity contribution in [2.45, 2.75) is 25.9 Å². The molecule has 28 heavy (non-hydrogen) atoms. The normalized spacial score (nSPS) is 15.4. The number of hydrogen-bond acceptors (Lipinski definition) is 3. The minimum Gasteiger partial charge on any atom is -0.177 e. The zero-order chi connectivity index (χ0) is 19.7. The lowest BCUT2D eigenvalue weighted by Crippen LogP contribution is -2.04. The van der Waals surface area contributed by atoms with Crippen molar-refractivity contribution in [3.63, 3.8) is 0 Å². The summed E-state index contributed by atoms with van der Waals surface area (Å²) >= 11 is 0. The lowest BCUT2D eigenvalue weighted by Gasteiger charge is -2.08. The highest BCUT2D eigenvalue weighted by Gasteiger charge is 2.30. The summed E-state index contributed by atoms with van der Waals surface area (Å²) in [5.41, 5.74) is 5.16. The van der Waals surface area contributed by atoms with E-state index in [2.05, 4.69) is 20.6 Å². The van der Waals surface area contributed by atoms with Crippen LogP contribution in [0.4, 0.5) is 13.2 Å². The molecule has 7 heteroatoms. The first-order valence-electron chi connectivity index (χ1n) is 8.84. The van der Waals surface area contributed by atoms with Gasteiger partial charge in [0.05, 0.1) is 5.56 Å². The predicted molar refractivity (Wildman–Crippen MR) is 101 cm³/mol. The van der Waals surface area contributed by atoms with E-state index in [9.17, 15) is 13.2 Å². The highest BCUT2D eigenvalue weighted by atomic mass is 19.4. The Hall–Kier alpha value is -3.22. The van der Waals surface area contributed by atoms with Gasteiger partial charge >= 0.3 is 6.18 Å². The van der Waals surface area contributed by atoms with Gasteiger partial charge in [-0.25, -0.2) is 0 Å². The van der Waals surface area contributed by atoms with Gasteiger partial charge in [0.15, 0.2) is 5.82 Å². The van der Waals surface area contributed by atoms with Gasteiger partial charge in [0.25, 0.3) is 0 Å². The van der Waals surface area contributed by atoms with Gasteiger partial charge in [-0.15, -0.1) is 10.2 Å². The van der Waals surface area contributed by atoms with Crippen LogP contribution in [0.15, 0.2) is 54.1 Å². The van der Waals surface area contributed by atoms with Crippen LogP contribution in [-0.4, -0.2) is 20.6 Å². The molecular formula is C21H17F3N4. The monoisotopic (exact) mass is 382 g/mol. The number of aromatic nitrogens is 4. The molecule has 1 heterocycles. The van der Waals surface area contributed by atoms with Gasteiger partial charge in [-0.1, -0.05) is 41.6 Å². The molecule has 1 aliphatic carbocycles. The third kappa shape index (κ3) is 3.47. The molecule has 0 bridgehead atoms. The maximum Gasteiger partial charge on any atom is 0.416 e. The van der Waals surface area contributed by atoms with Gasteiger partial charge in [-0.05, 0) is 65.0 Å². The SMILES string of the molecule is CC1=C(CCc2nn[nH]n2)c2ccccc2/C1=C\c1cccc(C(F)(F)F)c1. The maximum absolute atomic E-state index is 13.0. The van der Waals surface area contributed by atoms with Gasteiger partial charge in [0, 0.05) is 6.42 Å². The minimum atomic E-state index is -4.36. The molecule has 0 spiro atoms. The van der Waals surface area contributed by atoms with E-state index in [0.29, 0.717) is 17.8 Å². The van der Waals surface area contributed by atoms with E-state index < -0.39 is 11.7 Å². The Balaban J connectivity index is 1.73. The molecule has 0 fully saturated rings. The molecule has 4 nitrogen and oxygen atoms in total. The number of fused-ring (bicyclic) bond motifs is 1. The van der Waals surface area contributed by atoms with Crippen molar-refractivity contribution in [2.24, 2.45) is 0 Å². The molecule has 0 atom stereocenters. The number of H-pyrrole nitrogens is 1. The molecule has 1 aliphatic rings. The fourth-order valence-corrected chi connectivity index (χ4v) is 3.55. The average molecular weight is 382 g/mol. The lowest BCUT2D eigenvalue weighted by molar-refractivity contribution is -0.137. The number of nitrogens with zero attached hydrogens (tertiary/aromatic N) is 3. The standard InChI is InChI=1S/C21H17F3N4/c1-13-16(9-10-20-25-27-28-26-20)17-7-2-3-8-18(17)19(13)12-14-5-4-6-15(11-14)21(22,23)24/h2-8,11-12H,9-10H2,1H3,(H,25,26,27,28)/b19-12-. The highest BCUT2D eigenvalue weighted by Crippen LogP contribution is 2.44. The van der Waals surface area contributed by atoms with Gasteiger partial charge in [-0.2, -0.15) is 18.4 Å². The number of rotatable bonds is 4. The van der Waals surface area contributed by atoms with Crippen LogP contribution in [0.5, 0.6) is 0 Å². The first-order valence-corrected chi connectivity index (χ1v) is 8.84. The van der Waals surface area contributed by atoms with Gasteiger partial charge in [0.1, 0.15) is 0 Å². The predicted octanol–water partition coefficient (Wildman–Crippen LogP) is 5.18. The summed E-state index contributed by atoms with van der Waals surface area (Å²) < 4.78 is 39.1. The first kappa shape index (κ1) is 18.2. The molecule has 0 radical (unpaired) electrons. The summed E-state index contributed by atoms with van der Waals surface area (Å²) in [7, 11) is 0. The zero-order valence-corrected chi connectivity index (χ0v) is 15.1. The molecule has 0 unspecified atom stereocenters. The van der Waals surface area contributed by atoms with Crippen molar-refractivity contribution in [1.29, 1.82) is 0 Å².